The summed E-state index contributed by atoms with van der Waals surface area (Å²) in [6.07, 6.45) is 4.06. The summed E-state index contributed by atoms with van der Waals surface area (Å²) in [5.41, 5.74) is 1.47. The van der Waals surface area contributed by atoms with Gasteiger partial charge >= 0.3 is 0 Å². The van der Waals surface area contributed by atoms with Gasteiger partial charge in [-0.2, -0.15) is 0 Å². The molecule has 30 heavy (non-hydrogen) atoms. The lowest BCUT2D eigenvalue weighted by Gasteiger charge is -2.55. The molecule has 4 N–H and O–H groups in total. The second-order valence-electron chi connectivity index (χ2n) is 8.36. The molecule has 0 saturated carbocycles. The van der Waals surface area contributed by atoms with Crippen LogP contribution in [0.1, 0.15) is 24.0 Å². The summed E-state index contributed by atoms with van der Waals surface area (Å²) in [5.74, 6) is 1.38. The van der Waals surface area contributed by atoms with E-state index in [1.54, 1.807) is 15.4 Å². The van der Waals surface area contributed by atoms with Gasteiger partial charge in [0.2, 0.25) is 6.79 Å². The smallest absolute Gasteiger partial charge is 0.286 e. The molecule has 0 saturated heterocycles. The molecule has 0 spiro atoms. The Balaban J connectivity index is 0.00000256. The first kappa shape index (κ1) is 23.2. The highest BCUT2D eigenvalue weighted by atomic mass is 31.2. The zero-order valence-corrected chi connectivity index (χ0v) is 18.8. The molecule has 168 valence electrons. The Morgan fingerprint density at radius 1 is 1.20 bits per heavy atom. The predicted octanol–water partition coefficient (Wildman–Crippen LogP) is 0.947. The molecule has 2 aliphatic heterocycles. The maximum Gasteiger partial charge on any atom is 0.286 e. The van der Waals surface area contributed by atoms with E-state index >= 15 is 0 Å². The van der Waals surface area contributed by atoms with E-state index < -0.39 is 19.1 Å². The molecule has 3 atom stereocenters. The average Bonchev–Trinajstić information content (AvgIpc) is 3.13. The third kappa shape index (κ3) is 3.29. The van der Waals surface area contributed by atoms with Crippen molar-refractivity contribution in [1.29, 1.82) is 0 Å². The van der Waals surface area contributed by atoms with Gasteiger partial charge in [-0.25, -0.2) is 14.0 Å². The van der Waals surface area contributed by atoms with Crippen molar-refractivity contribution < 1.29 is 29.7 Å². The standard InChI is InChI=1S/C20H30N3O5P.H2O/c1-21(2)29(26,22(3)4)23-12-14-9-17-18(28-13-27-17)11-16(14)20(7-8-24)6-5-15(25)10-19(20)23;/h5-6,9,11,15,19,24-25H,7-8,10,12-13H2,1-4H3;1H2/t15-,19-,20-;/m1./s1. The number of hydrogen-bond acceptors (Lipinski definition) is 5. The van der Waals surface area contributed by atoms with Crippen molar-refractivity contribution in [2.24, 2.45) is 0 Å². The zero-order valence-electron chi connectivity index (χ0n) is 17.9. The highest BCUT2D eigenvalue weighted by Crippen LogP contribution is 2.62. The van der Waals surface area contributed by atoms with Crippen molar-refractivity contribution in [3.8, 4) is 11.5 Å². The topological polar surface area (TPSA) is 117 Å². The minimum Gasteiger partial charge on any atom is -0.454 e. The average molecular weight is 441 g/mol. The van der Waals surface area contributed by atoms with Gasteiger partial charge in [0, 0.05) is 24.6 Å². The molecule has 0 radical (unpaired) electrons. The van der Waals surface area contributed by atoms with Crippen LogP contribution >= 0.6 is 7.59 Å². The van der Waals surface area contributed by atoms with E-state index in [1.165, 1.54) is 0 Å². The maximum absolute atomic E-state index is 14.3. The highest BCUT2D eigenvalue weighted by Gasteiger charge is 2.54. The Hall–Kier alpha value is -1.45. The zero-order chi connectivity index (χ0) is 21.0. The number of aliphatic hydroxyl groups is 2. The minimum atomic E-state index is -3.09. The summed E-state index contributed by atoms with van der Waals surface area (Å²) < 4.78 is 31.0. The predicted molar refractivity (Wildman–Crippen MR) is 114 cm³/mol. The normalized spacial score (nSPS) is 27.7. The van der Waals surface area contributed by atoms with Crippen LogP contribution in [0, 0.1) is 0 Å². The van der Waals surface area contributed by atoms with Crippen molar-refractivity contribution in [3.63, 3.8) is 0 Å². The molecule has 0 bridgehead atoms. The van der Waals surface area contributed by atoms with E-state index in [4.69, 9.17) is 9.47 Å². The largest absolute Gasteiger partial charge is 0.454 e. The van der Waals surface area contributed by atoms with E-state index in [0.29, 0.717) is 30.9 Å². The van der Waals surface area contributed by atoms with Crippen molar-refractivity contribution in [2.45, 2.75) is 36.9 Å². The van der Waals surface area contributed by atoms with Gasteiger partial charge < -0.3 is 25.2 Å². The van der Waals surface area contributed by atoms with E-state index in [9.17, 15) is 14.8 Å². The van der Waals surface area contributed by atoms with Crippen LogP contribution in [0.2, 0.25) is 0 Å². The molecule has 1 aromatic carbocycles. The number of ether oxygens (including phenoxy) is 2. The molecule has 1 aliphatic carbocycles. The maximum atomic E-state index is 14.3. The SMILES string of the molecule is CN(C)P(=O)(N(C)C)N1Cc2cc3c(cc2[C@]2(CCO)C=C[C@@H](O)C[C@@H]12)OCO3.O. The summed E-state index contributed by atoms with van der Waals surface area (Å²) in [5, 5.41) is 20.4. The summed E-state index contributed by atoms with van der Waals surface area (Å²) in [7, 11) is 4.18. The first-order valence-corrected chi connectivity index (χ1v) is 11.4. The third-order valence-corrected chi connectivity index (χ3v) is 9.54. The minimum absolute atomic E-state index is 0. The van der Waals surface area contributed by atoms with Crippen LogP contribution < -0.4 is 9.47 Å². The number of hydrogen-bond donors (Lipinski definition) is 2. The number of benzene rings is 1. The molecule has 9 nitrogen and oxygen atoms in total. The second kappa shape index (κ2) is 8.24. The molecular formula is C20H32N3O6P. The Morgan fingerprint density at radius 3 is 2.43 bits per heavy atom. The van der Waals surface area contributed by atoms with E-state index in [1.807, 2.05) is 51.1 Å². The molecule has 1 aromatic rings. The van der Waals surface area contributed by atoms with Gasteiger partial charge in [0.15, 0.2) is 11.5 Å². The van der Waals surface area contributed by atoms with Gasteiger partial charge in [0.25, 0.3) is 7.59 Å². The molecule has 4 rings (SSSR count). The fourth-order valence-electron chi connectivity index (χ4n) is 5.06. The van der Waals surface area contributed by atoms with Gasteiger partial charge in [0.1, 0.15) is 0 Å². The molecule has 0 fully saturated rings. The fourth-order valence-corrected chi connectivity index (χ4v) is 7.70. The van der Waals surface area contributed by atoms with Gasteiger partial charge in [0.05, 0.1) is 6.10 Å². The van der Waals surface area contributed by atoms with Crippen LogP contribution in [0.15, 0.2) is 24.3 Å². The van der Waals surface area contributed by atoms with Crippen molar-refractivity contribution in [3.05, 3.63) is 35.4 Å². The quantitative estimate of drug-likeness (QED) is 0.512. The van der Waals surface area contributed by atoms with Crippen LogP contribution in [0.3, 0.4) is 0 Å². The molecule has 0 amide bonds. The Bertz CT molecular complexity index is 864. The lowest BCUT2D eigenvalue weighted by atomic mass is 9.64. The summed E-state index contributed by atoms with van der Waals surface area (Å²) >= 11 is 0. The third-order valence-electron chi connectivity index (χ3n) is 6.37. The Kier molecular flexibility index (Phi) is 6.38. The molecule has 0 aromatic heterocycles. The summed E-state index contributed by atoms with van der Waals surface area (Å²) in [6, 6.07) is 3.72. The Labute approximate surface area is 177 Å². The first-order chi connectivity index (χ1) is 13.7. The van der Waals surface area contributed by atoms with Gasteiger partial charge in [-0.1, -0.05) is 12.2 Å². The lowest BCUT2D eigenvalue weighted by Crippen LogP contribution is -2.57. The van der Waals surface area contributed by atoms with Crippen molar-refractivity contribution in [1.82, 2.24) is 14.0 Å². The molecule has 2 heterocycles. The van der Waals surface area contributed by atoms with Crippen molar-refractivity contribution >= 4 is 7.59 Å². The second-order valence-corrected chi connectivity index (χ2v) is 11.5. The van der Waals surface area contributed by atoms with Gasteiger partial charge in [-0.15, -0.1) is 0 Å². The van der Waals surface area contributed by atoms with Crippen LogP contribution in [0.4, 0.5) is 0 Å². The number of aliphatic hydroxyl groups excluding tert-OH is 2. The van der Waals surface area contributed by atoms with Crippen LogP contribution in [-0.4, -0.2) is 83.4 Å². The summed E-state index contributed by atoms with van der Waals surface area (Å²) in [4.78, 5) is 0. The molecule has 3 aliphatic rings. The van der Waals surface area contributed by atoms with E-state index in [2.05, 4.69) is 0 Å². The number of nitrogens with zero attached hydrogens (tertiary/aromatic N) is 3. The molecule has 0 unspecified atom stereocenters. The molecular weight excluding hydrogens is 409 g/mol. The van der Waals surface area contributed by atoms with E-state index in [0.717, 1.165) is 11.1 Å². The summed E-state index contributed by atoms with van der Waals surface area (Å²) in [6.45, 7) is 0.617. The van der Waals surface area contributed by atoms with Crippen LogP contribution in [-0.2, 0) is 16.5 Å². The van der Waals surface area contributed by atoms with Crippen LogP contribution in [0.25, 0.3) is 0 Å². The highest BCUT2D eigenvalue weighted by molar-refractivity contribution is 7.56. The Morgan fingerprint density at radius 2 is 1.83 bits per heavy atom. The van der Waals surface area contributed by atoms with Gasteiger partial charge in [-0.3, -0.25) is 4.57 Å². The number of rotatable bonds is 5. The monoisotopic (exact) mass is 441 g/mol. The molecule has 10 heteroatoms. The van der Waals surface area contributed by atoms with Crippen molar-refractivity contribution in [2.75, 3.05) is 41.6 Å². The lowest BCUT2D eigenvalue weighted by molar-refractivity contribution is 0.0865. The van der Waals surface area contributed by atoms with Crippen LogP contribution in [0.5, 0.6) is 11.5 Å². The van der Waals surface area contributed by atoms with Gasteiger partial charge in [-0.05, 0) is 64.3 Å². The van der Waals surface area contributed by atoms with E-state index in [-0.39, 0.29) is 24.9 Å². The number of fused-ring (bicyclic) bond motifs is 4. The fraction of sp³-hybridized carbons (Fsp3) is 0.600. The first-order valence-electron chi connectivity index (χ1n) is 9.88.